The first kappa shape index (κ1) is 16.6. The topological polar surface area (TPSA) is 68.0 Å². The predicted molar refractivity (Wildman–Crippen MR) is 98.9 cm³/mol. The highest BCUT2D eigenvalue weighted by Crippen LogP contribution is 2.22. The van der Waals surface area contributed by atoms with E-state index in [0.29, 0.717) is 6.54 Å². The summed E-state index contributed by atoms with van der Waals surface area (Å²) in [6.07, 6.45) is 0.735. The lowest BCUT2D eigenvalue weighted by Gasteiger charge is -2.19. The zero-order valence-electron chi connectivity index (χ0n) is 13.6. The van der Waals surface area contributed by atoms with Crippen LogP contribution in [0.15, 0.2) is 54.6 Å². The summed E-state index contributed by atoms with van der Waals surface area (Å²) in [7, 11) is 0. The summed E-state index contributed by atoms with van der Waals surface area (Å²) in [5.74, 6) is -0.296. The summed E-state index contributed by atoms with van der Waals surface area (Å²) < 4.78 is 1.18. The van der Waals surface area contributed by atoms with E-state index in [1.165, 1.54) is 4.70 Å². The Balaban J connectivity index is 1.53. The van der Waals surface area contributed by atoms with E-state index in [1.54, 1.807) is 11.3 Å². The Morgan fingerprint density at radius 1 is 1.17 bits per heavy atom. The minimum atomic E-state index is -0.298. The van der Waals surface area contributed by atoms with Crippen LogP contribution in [0, 0.1) is 5.92 Å². The molecule has 0 aliphatic carbocycles. The third-order valence-electron chi connectivity index (χ3n) is 4.11. The molecule has 1 amide bonds. The second-order valence-electron chi connectivity index (χ2n) is 5.84. The van der Waals surface area contributed by atoms with Crippen LogP contribution in [0.3, 0.4) is 0 Å². The number of carbonyl (C=O) groups excluding carboxylic acids is 1. The van der Waals surface area contributed by atoms with Crippen LogP contribution in [0.5, 0.6) is 0 Å². The van der Waals surface area contributed by atoms with Gasteiger partial charge >= 0.3 is 0 Å². The van der Waals surface area contributed by atoms with Gasteiger partial charge in [0.25, 0.3) is 0 Å². The van der Waals surface area contributed by atoms with Crippen LogP contribution in [-0.2, 0) is 11.2 Å². The SMILES string of the molecule is CC(C(=O)NCCc1nc2ccccc2s1)C(N)c1ccccc1. The van der Waals surface area contributed by atoms with Crippen molar-refractivity contribution in [3.63, 3.8) is 0 Å². The van der Waals surface area contributed by atoms with Gasteiger partial charge in [0, 0.05) is 19.0 Å². The molecular formula is C19H21N3OS. The number of nitrogens with one attached hydrogen (secondary N) is 1. The van der Waals surface area contributed by atoms with Gasteiger partial charge in [-0.05, 0) is 17.7 Å². The molecule has 1 aromatic heterocycles. The normalized spacial score (nSPS) is 13.6. The Kier molecular flexibility index (Phi) is 5.23. The first-order chi connectivity index (χ1) is 11.6. The number of hydrogen-bond acceptors (Lipinski definition) is 4. The molecule has 3 N–H and O–H groups in total. The van der Waals surface area contributed by atoms with Crippen LogP contribution in [-0.4, -0.2) is 17.4 Å². The number of fused-ring (bicyclic) bond motifs is 1. The molecular weight excluding hydrogens is 318 g/mol. The molecule has 3 aromatic rings. The lowest BCUT2D eigenvalue weighted by molar-refractivity contribution is -0.125. The predicted octanol–water partition coefficient (Wildman–Crippen LogP) is 3.29. The summed E-state index contributed by atoms with van der Waals surface area (Å²) in [4.78, 5) is 16.9. The second kappa shape index (κ2) is 7.55. The molecule has 1 heterocycles. The van der Waals surface area contributed by atoms with Gasteiger partial charge in [0.05, 0.1) is 21.1 Å². The highest BCUT2D eigenvalue weighted by Gasteiger charge is 2.21. The highest BCUT2D eigenvalue weighted by molar-refractivity contribution is 7.18. The van der Waals surface area contributed by atoms with Crippen molar-refractivity contribution >= 4 is 27.5 Å². The quantitative estimate of drug-likeness (QED) is 0.724. The molecule has 0 fully saturated rings. The van der Waals surface area contributed by atoms with Gasteiger partial charge < -0.3 is 11.1 Å². The van der Waals surface area contributed by atoms with Crippen molar-refractivity contribution in [2.24, 2.45) is 11.7 Å². The second-order valence-corrected chi connectivity index (χ2v) is 6.96. The van der Waals surface area contributed by atoms with Crippen molar-refractivity contribution in [1.29, 1.82) is 0 Å². The van der Waals surface area contributed by atoms with E-state index in [1.807, 2.05) is 55.5 Å². The van der Waals surface area contributed by atoms with Crippen LogP contribution in [0.1, 0.15) is 23.5 Å². The first-order valence-electron chi connectivity index (χ1n) is 8.08. The molecule has 0 aliphatic heterocycles. The fourth-order valence-corrected chi connectivity index (χ4v) is 3.57. The van der Waals surface area contributed by atoms with E-state index >= 15 is 0 Å². The molecule has 5 heteroatoms. The molecule has 0 saturated heterocycles. The van der Waals surface area contributed by atoms with E-state index in [0.717, 1.165) is 22.5 Å². The van der Waals surface area contributed by atoms with Crippen molar-refractivity contribution in [3.8, 4) is 0 Å². The van der Waals surface area contributed by atoms with Crippen LogP contribution in [0.2, 0.25) is 0 Å². The maximum Gasteiger partial charge on any atom is 0.224 e. The number of nitrogens with zero attached hydrogens (tertiary/aromatic N) is 1. The van der Waals surface area contributed by atoms with Gasteiger partial charge in [-0.15, -0.1) is 11.3 Å². The molecule has 3 rings (SSSR count). The average Bonchev–Trinajstić information content (AvgIpc) is 3.03. The maximum absolute atomic E-state index is 12.3. The molecule has 0 radical (unpaired) electrons. The molecule has 4 nitrogen and oxygen atoms in total. The monoisotopic (exact) mass is 339 g/mol. The Bertz CT molecular complexity index is 783. The van der Waals surface area contributed by atoms with Crippen molar-refractivity contribution in [2.75, 3.05) is 6.54 Å². The number of aromatic nitrogens is 1. The molecule has 0 bridgehead atoms. The van der Waals surface area contributed by atoms with Crippen LogP contribution >= 0.6 is 11.3 Å². The number of thiazole rings is 1. The van der Waals surface area contributed by atoms with Crippen molar-refractivity contribution in [3.05, 3.63) is 65.2 Å². The van der Waals surface area contributed by atoms with Gasteiger partial charge in [-0.1, -0.05) is 49.4 Å². The van der Waals surface area contributed by atoms with Crippen molar-refractivity contribution in [2.45, 2.75) is 19.4 Å². The number of para-hydroxylation sites is 1. The molecule has 2 atom stereocenters. The van der Waals surface area contributed by atoms with E-state index in [4.69, 9.17) is 5.73 Å². The maximum atomic E-state index is 12.3. The summed E-state index contributed by atoms with van der Waals surface area (Å²) in [5.41, 5.74) is 8.20. The highest BCUT2D eigenvalue weighted by atomic mass is 32.1. The van der Waals surface area contributed by atoms with Crippen molar-refractivity contribution in [1.82, 2.24) is 10.3 Å². The number of benzene rings is 2. The van der Waals surface area contributed by atoms with Gasteiger partial charge in [0.15, 0.2) is 0 Å². The first-order valence-corrected chi connectivity index (χ1v) is 8.89. The Morgan fingerprint density at radius 3 is 2.62 bits per heavy atom. The number of rotatable bonds is 6. The Hall–Kier alpha value is -2.24. The van der Waals surface area contributed by atoms with Crippen molar-refractivity contribution < 1.29 is 4.79 Å². The molecule has 124 valence electrons. The molecule has 0 saturated carbocycles. The number of hydrogen-bond donors (Lipinski definition) is 2. The fraction of sp³-hybridized carbons (Fsp3) is 0.263. The summed E-state index contributed by atoms with van der Waals surface area (Å²) >= 11 is 1.67. The molecule has 2 aromatic carbocycles. The Morgan fingerprint density at radius 2 is 1.88 bits per heavy atom. The minimum absolute atomic E-state index is 0.0209. The number of amides is 1. The van der Waals surface area contributed by atoms with Gasteiger partial charge in [-0.25, -0.2) is 4.98 Å². The number of carbonyl (C=O) groups is 1. The summed E-state index contributed by atoms with van der Waals surface area (Å²) in [6, 6.07) is 17.5. The summed E-state index contributed by atoms with van der Waals surface area (Å²) in [6.45, 7) is 2.44. The number of nitrogens with two attached hydrogens (primary N) is 1. The molecule has 0 aliphatic rings. The standard InChI is InChI=1S/C19H21N3OS/c1-13(18(20)14-7-3-2-4-8-14)19(23)21-12-11-17-22-15-9-5-6-10-16(15)24-17/h2-10,13,18H,11-12,20H2,1H3,(H,21,23). The summed E-state index contributed by atoms with van der Waals surface area (Å²) in [5, 5.41) is 4.01. The Labute approximate surface area is 145 Å². The molecule has 0 spiro atoms. The van der Waals surface area contributed by atoms with Gasteiger partial charge in [0.1, 0.15) is 0 Å². The largest absolute Gasteiger partial charge is 0.355 e. The smallest absolute Gasteiger partial charge is 0.224 e. The average molecular weight is 339 g/mol. The van der Waals surface area contributed by atoms with Crippen LogP contribution in [0.4, 0.5) is 0 Å². The lowest BCUT2D eigenvalue weighted by atomic mass is 9.95. The zero-order chi connectivity index (χ0) is 16.9. The van der Waals surface area contributed by atoms with Crippen LogP contribution in [0.25, 0.3) is 10.2 Å². The molecule has 2 unspecified atom stereocenters. The van der Waals surface area contributed by atoms with E-state index in [9.17, 15) is 4.79 Å². The van der Waals surface area contributed by atoms with E-state index < -0.39 is 0 Å². The van der Waals surface area contributed by atoms with Gasteiger partial charge in [0.2, 0.25) is 5.91 Å². The van der Waals surface area contributed by atoms with E-state index in [-0.39, 0.29) is 17.9 Å². The molecule has 24 heavy (non-hydrogen) atoms. The fourth-order valence-electron chi connectivity index (χ4n) is 2.61. The minimum Gasteiger partial charge on any atom is -0.355 e. The van der Waals surface area contributed by atoms with Gasteiger partial charge in [-0.3, -0.25) is 4.79 Å². The van der Waals surface area contributed by atoms with Crippen LogP contribution < -0.4 is 11.1 Å². The van der Waals surface area contributed by atoms with Gasteiger partial charge in [-0.2, -0.15) is 0 Å². The lowest BCUT2D eigenvalue weighted by Crippen LogP contribution is -2.36. The zero-order valence-corrected chi connectivity index (χ0v) is 14.4. The third-order valence-corrected chi connectivity index (χ3v) is 5.21. The van der Waals surface area contributed by atoms with E-state index in [2.05, 4.69) is 16.4 Å². The third kappa shape index (κ3) is 3.80.